The van der Waals surface area contributed by atoms with Crippen molar-refractivity contribution in [1.29, 1.82) is 0 Å². The lowest BCUT2D eigenvalue weighted by molar-refractivity contribution is -0.0241. The van der Waals surface area contributed by atoms with Crippen LogP contribution in [-0.4, -0.2) is 47.6 Å². The summed E-state index contributed by atoms with van der Waals surface area (Å²) in [6.07, 6.45) is 4.01. The third-order valence-electron chi connectivity index (χ3n) is 6.19. The molecule has 0 spiro atoms. The van der Waals surface area contributed by atoms with Gasteiger partial charge in [0.1, 0.15) is 0 Å². The number of anilines is 1. The van der Waals surface area contributed by atoms with E-state index in [1.54, 1.807) is 0 Å². The van der Waals surface area contributed by atoms with Gasteiger partial charge in [0.2, 0.25) is 0 Å². The minimum absolute atomic E-state index is 0. The van der Waals surface area contributed by atoms with Gasteiger partial charge in [0.25, 0.3) is 0 Å². The highest BCUT2D eigenvalue weighted by atomic mass is 35.5. The summed E-state index contributed by atoms with van der Waals surface area (Å²) in [7, 11) is 0. The van der Waals surface area contributed by atoms with E-state index < -0.39 is 5.60 Å². The fourth-order valence-corrected chi connectivity index (χ4v) is 4.38. The highest BCUT2D eigenvalue weighted by Gasteiger charge is 2.34. The molecule has 2 heterocycles. The maximum absolute atomic E-state index is 12.7. The highest BCUT2D eigenvalue weighted by Crippen LogP contribution is 2.29. The summed E-state index contributed by atoms with van der Waals surface area (Å²) in [6, 6.07) is 18.4. The molecule has 0 amide bonds. The number of benzene rings is 2. The van der Waals surface area contributed by atoms with E-state index in [9.17, 15) is 9.90 Å². The molecule has 1 N–H and O–H groups in total. The Morgan fingerprint density at radius 3 is 2.14 bits per heavy atom. The van der Waals surface area contributed by atoms with Crippen LogP contribution in [0.4, 0.5) is 5.69 Å². The van der Waals surface area contributed by atoms with Crippen molar-refractivity contribution in [3.8, 4) is 0 Å². The number of piperidine rings is 1. The molecule has 0 aromatic heterocycles. The first-order valence-corrected chi connectivity index (χ1v) is 10.5. The molecule has 2 aromatic rings. The fourth-order valence-electron chi connectivity index (χ4n) is 4.38. The summed E-state index contributed by atoms with van der Waals surface area (Å²) in [4.78, 5) is 17.5. The molecule has 2 aliphatic heterocycles. The van der Waals surface area contributed by atoms with Gasteiger partial charge in [0.05, 0.1) is 5.60 Å². The Morgan fingerprint density at radius 2 is 1.52 bits per heavy atom. The summed E-state index contributed by atoms with van der Waals surface area (Å²) < 4.78 is 0. The van der Waals surface area contributed by atoms with Gasteiger partial charge in [-0.2, -0.15) is 0 Å². The lowest BCUT2D eigenvalue weighted by Gasteiger charge is -2.38. The zero-order valence-electron chi connectivity index (χ0n) is 16.9. The third-order valence-corrected chi connectivity index (χ3v) is 6.19. The van der Waals surface area contributed by atoms with E-state index in [1.165, 1.54) is 24.1 Å². The Labute approximate surface area is 179 Å². The van der Waals surface area contributed by atoms with Crippen LogP contribution >= 0.6 is 12.4 Å². The number of carbonyl (C=O) groups is 1. The molecule has 0 saturated carbocycles. The molecular weight excluding hydrogens is 384 g/mol. The number of likely N-dealkylation sites (tertiary alicyclic amines) is 1. The first-order chi connectivity index (χ1) is 13.6. The normalized spacial score (nSPS) is 19.0. The van der Waals surface area contributed by atoms with Gasteiger partial charge in [-0.15, -0.1) is 12.4 Å². The van der Waals surface area contributed by atoms with Crippen LogP contribution in [0, 0.1) is 0 Å². The van der Waals surface area contributed by atoms with Crippen molar-refractivity contribution in [3.05, 3.63) is 65.7 Å². The maximum Gasteiger partial charge on any atom is 0.165 e. The Bertz CT molecular complexity index is 780. The Kier molecular flexibility index (Phi) is 7.33. The Hall–Kier alpha value is -1.88. The predicted molar refractivity (Wildman–Crippen MR) is 120 cm³/mol. The maximum atomic E-state index is 12.7. The standard InChI is InChI=1S/C24H30N2O2.ClH/c27-23(21-8-10-22(11-9-21)26-14-4-5-15-26)18-24(28)12-16-25(17-13-24)19-20-6-2-1-3-7-20;/h1-3,6-11,28H,4-5,12-19H2;1H. The molecule has 0 radical (unpaired) electrons. The van der Waals surface area contributed by atoms with Crippen LogP contribution in [0.5, 0.6) is 0 Å². The molecule has 2 aromatic carbocycles. The van der Waals surface area contributed by atoms with Crippen molar-refractivity contribution in [3.63, 3.8) is 0 Å². The van der Waals surface area contributed by atoms with E-state index in [-0.39, 0.29) is 24.6 Å². The number of nitrogens with zero attached hydrogens (tertiary/aromatic N) is 2. The average molecular weight is 415 g/mol. The van der Waals surface area contributed by atoms with Gasteiger partial charge in [-0.1, -0.05) is 30.3 Å². The second kappa shape index (κ2) is 9.75. The van der Waals surface area contributed by atoms with Crippen molar-refractivity contribution in [2.45, 2.75) is 44.2 Å². The largest absolute Gasteiger partial charge is 0.389 e. The molecule has 0 aliphatic carbocycles. The second-order valence-corrected chi connectivity index (χ2v) is 8.33. The minimum Gasteiger partial charge on any atom is -0.389 e. The van der Waals surface area contributed by atoms with E-state index >= 15 is 0 Å². The van der Waals surface area contributed by atoms with Crippen molar-refractivity contribution in [2.24, 2.45) is 0 Å². The SMILES string of the molecule is Cl.O=C(CC1(O)CCN(Cc2ccccc2)CC1)c1ccc(N2CCCC2)cc1. The van der Waals surface area contributed by atoms with Crippen molar-refractivity contribution in [1.82, 2.24) is 4.90 Å². The number of hydrogen-bond acceptors (Lipinski definition) is 4. The summed E-state index contributed by atoms with van der Waals surface area (Å²) in [5.41, 5.74) is 2.32. The molecule has 4 nitrogen and oxygen atoms in total. The molecule has 2 aliphatic rings. The molecule has 4 rings (SSSR count). The van der Waals surface area contributed by atoms with E-state index in [2.05, 4.69) is 34.1 Å². The number of hydrogen-bond donors (Lipinski definition) is 1. The molecule has 156 valence electrons. The van der Waals surface area contributed by atoms with E-state index in [4.69, 9.17) is 0 Å². The van der Waals surface area contributed by atoms with Crippen LogP contribution in [0.2, 0.25) is 0 Å². The van der Waals surface area contributed by atoms with Crippen molar-refractivity contribution >= 4 is 23.9 Å². The smallest absolute Gasteiger partial charge is 0.165 e. The van der Waals surface area contributed by atoms with Crippen LogP contribution in [0.3, 0.4) is 0 Å². The molecule has 29 heavy (non-hydrogen) atoms. The number of rotatable bonds is 6. The second-order valence-electron chi connectivity index (χ2n) is 8.33. The van der Waals surface area contributed by atoms with Gasteiger partial charge in [0, 0.05) is 50.4 Å². The fraction of sp³-hybridized carbons (Fsp3) is 0.458. The van der Waals surface area contributed by atoms with Gasteiger partial charge >= 0.3 is 0 Å². The first kappa shape index (κ1) is 21.8. The molecule has 0 unspecified atom stereocenters. The van der Waals surface area contributed by atoms with Crippen molar-refractivity contribution < 1.29 is 9.90 Å². The average Bonchev–Trinajstić information content (AvgIpc) is 3.26. The number of ketones is 1. The molecule has 5 heteroatoms. The van der Waals surface area contributed by atoms with Crippen LogP contribution in [0.15, 0.2) is 54.6 Å². The molecular formula is C24H31ClN2O2. The zero-order chi connectivity index (χ0) is 19.4. The van der Waals surface area contributed by atoms with Gasteiger partial charge in [-0.3, -0.25) is 9.69 Å². The number of aliphatic hydroxyl groups is 1. The minimum atomic E-state index is -0.877. The number of halogens is 1. The lowest BCUT2D eigenvalue weighted by Crippen LogP contribution is -2.45. The van der Waals surface area contributed by atoms with Gasteiger partial charge < -0.3 is 10.0 Å². The summed E-state index contributed by atoms with van der Waals surface area (Å²) >= 11 is 0. The van der Waals surface area contributed by atoms with Gasteiger partial charge in [0.15, 0.2) is 5.78 Å². The lowest BCUT2D eigenvalue weighted by atomic mass is 9.85. The monoisotopic (exact) mass is 414 g/mol. The van der Waals surface area contributed by atoms with Gasteiger partial charge in [-0.25, -0.2) is 0 Å². The van der Waals surface area contributed by atoms with Gasteiger partial charge in [-0.05, 0) is 55.5 Å². The molecule has 0 atom stereocenters. The van der Waals surface area contributed by atoms with Crippen LogP contribution in [0.25, 0.3) is 0 Å². The summed E-state index contributed by atoms with van der Waals surface area (Å²) in [5, 5.41) is 11.0. The van der Waals surface area contributed by atoms with E-state index in [0.717, 1.165) is 32.7 Å². The number of Topliss-reactive ketones (excluding diaryl/α,β-unsaturated/α-hetero) is 1. The Morgan fingerprint density at radius 1 is 0.897 bits per heavy atom. The summed E-state index contributed by atoms with van der Waals surface area (Å²) in [6.45, 7) is 4.76. The highest BCUT2D eigenvalue weighted by molar-refractivity contribution is 5.97. The zero-order valence-corrected chi connectivity index (χ0v) is 17.7. The molecule has 0 bridgehead atoms. The van der Waals surface area contributed by atoms with E-state index in [0.29, 0.717) is 18.4 Å². The summed E-state index contributed by atoms with van der Waals surface area (Å²) in [5.74, 6) is 0.0481. The first-order valence-electron chi connectivity index (χ1n) is 10.5. The molecule has 2 fully saturated rings. The predicted octanol–water partition coefficient (Wildman–Crippen LogP) is 4.31. The van der Waals surface area contributed by atoms with Crippen molar-refractivity contribution in [2.75, 3.05) is 31.1 Å². The van der Waals surface area contributed by atoms with Crippen LogP contribution in [0.1, 0.15) is 48.0 Å². The number of carbonyl (C=O) groups excluding carboxylic acids is 1. The quantitative estimate of drug-likeness (QED) is 0.715. The van der Waals surface area contributed by atoms with Crippen LogP contribution in [-0.2, 0) is 6.54 Å². The molecule has 2 saturated heterocycles. The Balaban J connectivity index is 0.00000240. The topological polar surface area (TPSA) is 43.8 Å². The van der Waals surface area contributed by atoms with Crippen LogP contribution < -0.4 is 4.90 Å². The van der Waals surface area contributed by atoms with E-state index in [1.807, 2.05) is 30.3 Å². The third kappa shape index (κ3) is 5.59.